The van der Waals surface area contributed by atoms with Gasteiger partial charge in [-0.1, -0.05) is 46.3 Å². The maximum absolute atomic E-state index is 12.5. The lowest BCUT2D eigenvalue weighted by Crippen LogP contribution is -2.32. The second-order valence-corrected chi connectivity index (χ2v) is 6.22. The molecule has 3 rings (SSSR count). The van der Waals surface area contributed by atoms with Gasteiger partial charge in [-0.05, 0) is 36.2 Å². The lowest BCUT2D eigenvalue weighted by molar-refractivity contribution is -0.122. The Bertz CT molecular complexity index is 671. The zero-order valence-electron chi connectivity index (χ0n) is 11.8. The molecule has 0 saturated heterocycles. The van der Waals surface area contributed by atoms with Crippen LogP contribution in [0.5, 0.6) is 0 Å². The molecular formula is C17H17BrN2O. The minimum atomic E-state index is -0.115. The van der Waals surface area contributed by atoms with Crippen molar-refractivity contribution in [3.8, 4) is 0 Å². The van der Waals surface area contributed by atoms with E-state index in [1.807, 2.05) is 55.5 Å². The number of anilines is 1. The van der Waals surface area contributed by atoms with Gasteiger partial charge in [0.1, 0.15) is 0 Å². The first-order valence-corrected chi connectivity index (χ1v) is 7.83. The van der Waals surface area contributed by atoms with Gasteiger partial charge in [0.25, 0.3) is 0 Å². The molecule has 1 aliphatic rings. The van der Waals surface area contributed by atoms with Crippen molar-refractivity contribution < 1.29 is 4.79 Å². The first kappa shape index (κ1) is 14.1. The topological polar surface area (TPSA) is 41.1 Å². The number of amides is 1. The van der Waals surface area contributed by atoms with Crippen LogP contribution in [-0.4, -0.2) is 12.5 Å². The second kappa shape index (κ2) is 5.90. The Morgan fingerprint density at radius 3 is 2.90 bits per heavy atom. The number of fused-ring (bicyclic) bond motifs is 1. The van der Waals surface area contributed by atoms with Crippen molar-refractivity contribution >= 4 is 27.5 Å². The third kappa shape index (κ3) is 2.95. The molecule has 108 valence electrons. The Morgan fingerprint density at radius 1 is 1.29 bits per heavy atom. The number of benzene rings is 2. The molecule has 0 bridgehead atoms. The van der Waals surface area contributed by atoms with Crippen molar-refractivity contribution in [2.24, 2.45) is 0 Å². The van der Waals surface area contributed by atoms with Crippen molar-refractivity contribution in [1.29, 1.82) is 0 Å². The van der Waals surface area contributed by atoms with Crippen LogP contribution in [0, 0.1) is 0 Å². The Labute approximate surface area is 132 Å². The van der Waals surface area contributed by atoms with E-state index in [2.05, 4.69) is 26.6 Å². The van der Waals surface area contributed by atoms with E-state index in [-0.39, 0.29) is 17.9 Å². The fourth-order valence-electron chi connectivity index (χ4n) is 2.69. The number of carbonyl (C=O) groups excluding carboxylic acids is 1. The summed E-state index contributed by atoms with van der Waals surface area (Å²) in [5.74, 6) is -0.0456. The number of hydrogen-bond acceptors (Lipinski definition) is 2. The second-order valence-electron chi connectivity index (χ2n) is 5.31. The predicted octanol–water partition coefficient (Wildman–Crippen LogP) is 3.84. The number of rotatable bonds is 3. The predicted molar refractivity (Wildman–Crippen MR) is 88.4 cm³/mol. The van der Waals surface area contributed by atoms with Gasteiger partial charge in [-0.25, -0.2) is 0 Å². The summed E-state index contributed by atoms with van der Waals surface area (Å²) in [7, 11) is 0. The Morgan fingerprint density at radius 2 is 2.10 bits per heavy atom. The van der Waals surface area contributed by atoms with Crippen molar-refractivity contribution in [1.82, 2.24) is 5.32 Å². The SMILES string of the molecule is CC(NC(=O)C1CNc2ccccc21)c1cccc(Br)c1. The summed E-state index contributed by atoms with van der Waals surface area (Å²) in [6.45, 7) is 2.67. The van der Waals surface area contributed by atoms with Crippen LogP contribution in [0.15, 0.2) is 53.0 Å². The van der Waals surface area contributed by atoms with Gasteiger partial charge in [-0.15, -0.1) is 0 Å². The molecule has 0 spiro atoms. The Kier molecular flexibility index (Phi) is 3.97. The third-order valence-corrected chi connectivity index (χ3v) is 4.35. The summed E-state index contributed by atoms with van der Waals surface area (Å²) in [5.41, 5.74) is 3.24. The van der Waals surface area contributed by atoms with Crippen LogP contribution in [0.2, 0.25) is 0 Å². The molecule has 2 atom stereocenters. The van der Waals surface area contributed by atoms with Crippen LogP contribution in [-0.2, 0) is 4.79 Å². The van der Waals surface area contributed by atoms with Crippen LogP contribution < -0.4 is 10.6 Å². The number of halogens is 1. The fraction of sp³-hybridized carbons (Fsp3) is 0.235. The van der Waals surface area contributed by atoms with E-state index in [0.29, 0.717) is 6.54 Å². The molecule has 2 N–H and O–H groups in total. The van der Waals surface area contributed by atoms with Crippen LogP contribution in [0.25, 0.3) is 0 Å². The van der Waals surface area contributed by atoms with Gasteiger partial charge in [-0.2, -0.15) is 0 Å². The number of hydrogen-bond donors (Lipinski definition) is 2. The van der Waals surface area contributed by atoms with Gasteiger partial charge in [-0.3, -0.25) is 4.79 Å². The maximum atomic E-state index is 12.5. The van der Waals surface area contributed by atoms with Gasteiger partial charge in [0.05, 0.1) is 12.0 Å². The zero-order valence-corrected chi connectivity index (χ0v) is 13.4. The first-order chi connectivity index (χ1) is 10.1. The van der Waals surface area contributed by atoms with Crippen molar-refractivity contribution in [2.75, 3.05) is 11.9 Å². The highest BCUT2D eigenvalue weighted by Gasteiger charge is 2.28. The summed E-state index contributed by atoms with van der Waals surface area (Å²) in [5, 5.41) is 6.39. The summed E-state index contributed by atoms with van der Waals surface area (Å²) in [4.78, 5) is 12.5. The normalized spacial score (nSPS) is 17.7. The average molecular weight is 345 g/mol. The van der Waals surface area contributed by atoms with Crippen molar-refractivity contribution in [3.63, 3.8) is 0 Å². The molecule has 2 aromatic carbocycles. The Hall–Kier alpha value is -1.81. The quantitative estimate of drug-likeness (QED) is 0.888. The molecule has 1 heterocycles. The molecule has 2 unspecified atom stereocenters. The number of nitrogens with one attached hydrogen (secondary N) is 2. The van der Waals surface area contributed by atoms with E-state index in [1.165, 1.54) is 0 Å². The summed E-state index contributed by atoms with van der Waals surface area (Å²) in [6, 6.07) is 16.0. The summed E-state index contributed by atoms with van der Waals surface area (Å²) >= 11 is 3.46. The van der Waals surface area contributed by atoms with E-state index in [1.54, 1.807) is 0 Å². The molecule has 1 aliphatic heterocycles. The first-order valence-electron chi connectivity index (χ1n) is 7.04. The van der Waals surface area contributed by atoms with Crippen LogP contribution in [0.3, 0.4) is 0 Å². The van der Waals surface area contributed by atoms with Gasteiger partial charge < -0.3 is 10.6 Å². The summed E-state index contributed by atoms with van der Waals surface area (Å²) < 4.78 is 1.02. The molecule has 0 aliphatic carbocycles. The van der Waals surface area contributed by atoms with Gasteiger partial charge >= 0.3 is 0 Å². The molecule has 0 fully saturated rings. The largest absolute Gasteiger partial charge is 0.384 e. The van der Waals surface area contributed by atoms with E-state index in [4.69, 9.17) is 0 Å². The van der Waals surface area contributed by atoms with E-state index >= 15 is 0 Å². The van der Waals surface area contributed by atoms with Gasteiger partial charge in [0, 0.05) is 16.7 Å². The van der Waals surface area contributed by atoms with E-state index in [9.17, 15) is 4.79 Å². The molecule has 2 aromatic rings. The monoisotopic (exact) mass is 344 g/mol. The van der Waals surface area contributed by atoms with Crippen LogP contribution >= 0.6 is 15.9 Å². The van der Waals surface area contributed by atoms with E-state index < -0.39 is 0 Å². The smallest absolute Gasteiger partial charge is 0.229 e. The standard InChI is InChI=1S/C17H17BrN2O/c1-11(12-5-4-6-13(18)9-12)20-17(21)15-10-19-16-8-3-2-7-14(15)16/h2-9,11,15,19H,10H2,1H3,(H,20,21). The minimum absolute atomic E-state index is 0.0113. The number of carbonyl (C=O) groups is 1. The van der Waals surface area contributed by atoms with Gasteiger partial charge in [0.2, 0.25) is 5.91 Å². The minimum Gasteiger partial charge on any atom is -0.384 e. The fourth-order valence-corrected chi connectivity index (χ4v) is 3.11. The molecule has 4 heteroatoms. The maximum Gasteiger partial charge on any atom is 0.229 e. The molecule has 0 saturated carbocycles. The molecule has 0 aromatic heterocycles. The highest BCUT2D eigenvalue weighted by Crippen LogP contribution is 2.31. The molecule has 1 amide bonds. The molecular weight excluding hydrogens is 328 g/mol. The summed E-state index contributed by atoms with van der Waals surface area (Å²) in [6.07, 6.45) is 0. The lowest BCUT2D eigenvalue weighted by Gasteiger charge is -2.18. The van der Waals surface area contributed by atoms with Crippen molar-refractivity contribution in [3.05, 3.63) is 64.1 Å². The Balaban J connectivity index is 1.73. The third-order valence-electron chi connectivity index (χ3n) is 3.86. The average Bonchev–Trinajstić information content (AvgIpc) is 2.91. The highest BCUT2D eigenvalue weighted by molar-refractivity contribution is 9.10. The molecule has 3 nitrogen and oxygen atoms in total. The lowest BCUT2D eigenvalue weighted by atomic mass is 9.99. The molecule has 0 radical (unpaired) electrons. The molecule has 21 heavy (non-hydrogen) atoms. The van der Waals surface area contributed by atoms with Crippen molar-refractivity contribution in [2.45, 2.75) is 18.9 Å². The number of para-hydroxylation sites is 1. The highest BCUT2D eigenvalue weighted by atomic mass is 79.9. The van der Waals surface area contributed by atoms with E-state index in [0.717, 1.165) is 21.3 Å². The van der Waals surface area contributed by atoms with Crippen LogP contribution in [0.1, 0.15) is 30.0 Å². The van der Waals surface area contributed by atoms with Gasteiger partial charge in [0.15, 0.2) is 0 Å². The zero-order chi connectivity index (χ0) is 14.8. The van der Waals surface area contributed by atoms with Crippen LogP contribution in [0.4, 0.5) is 5.69 Å².